The molecule has 1 heterocycles. The van der Waals surface area contributed by atoms with Gasteiger partial charge >= 0.3 is 0 Å². The lowest BCUT2D eigenvalue weighted by atomic mass is 10.1. The molecule has 0 fully saturated rings. The van der Waals surface area contributed by atoms with Gasteiger partial charge in [-0.2, -0.15) is 0 Å². The zero-order chi connectivity index (χ0) is 15.1. The van der Waals surface area contributed by atoms with Gasteiger partial charge in [0, 0.05) is 17.3 Å². The molecule has 0 aliphatic rings. The molecule has 0 spiro atoms. The fourth-order valence-electron chi connectivity index (χ4n) is 2.44. The summed E-state index contributed by atoms with van der Waals surface area (Å²) in [5.74, 6) is 0.964. The van der Waals surface area contributed by atoms with Gasteiger partial charge in [0.1, 0.15) is 5.75 Å². The standard InChI is InChI=1S/C18H25NOS/c1-4-10-19-18(17-9-12-21-15(17)3)8-11-20-16-7-5-6-14(2)13-16/h5-7,9,12-13,18-19H,4,8,10-11H2,1-3H3. The molecule has 1 N–H and O–H groups in total. The van der Waals surface area contributed by atoms with Crippen LogP contribution < -0.4 is 10.1 Å². The van der Waals surface area contributed by atoms with Crippen molar-refractivity contribution in [3.63, 3.8) is 0 Å². The van der Waals surface area contributed by atoms with Gasteiger partial charge in [0.15, 0.2) is 0 Å². The largest absolute Gasteiger partial charge is 0.494 e. The fourth-order valence-corrected chi connectivity index (χ4v) is 3.21. The van der Waals surface area contributed by atoms with E-state index in [-0.39, 0.29) is 0 Å². The number of benzene rings is 1. The molecule has 2 nitrogen and oxygen atoms in total. The van der Waals surface area contributed by atoms with Crippen LogP contribution in [0.25, 0.3) is 0 Å². The lowest BCUT2D eigenvalue weighted by Gasteiger charge is -2.19. The average Bonchev–Trinajstić information content (AvgIpc) is 2.89. The highest BCUT2D eigenvalue weighted by molar-refractivity contribution is 7.10. The molecule has 1 atom stereocenters. The quantitative estimate of drug-likeness (QED) is 0.751. The van der Waals surface area contributed by atoms with Gasteiger partial charge in [0.25, 0.3) is 0 Å². The number of aryl methyl sites for hydroxylation is 2. The molecule has 114 valence electrons. The van der Waals surface area contributed by atoms with Crippen LogP contribution in [0.15, 0.2) is 35.7 Å². The first-order valence-electron chi connectivity index (χ1n) is 7.67. The third-order valence-corrected chi connectivity index (χ3v) is 4.44. The first-order chi connectivity index (χ1) is 10.2. The predicted molar refractivity (Wildman–Crippen MR) is 91.4 cm³/mol. The van der Waals surface area contributed by atoms with E-state index in [0.29, 0.717) is 6.04 Å². The Labute approximate surface area is 132 Å². The van der Waals surface area contributed by atoms with Gasteiger partial charge in [-0.15, -0.1) is 11.3 Å². The molecule has 0 saturated heterocycles. The lowest BCUT2D eigenvalue weighted by molar-refractivity contribution is 0.286. The molecule has 0 bridgehead atoms. The van der Waals surface area contributed by atoms with Crippen LogP contribution in [0, 0.1) is 13.8 Å². The predicted octanol–water partition coefficient (Wildman–Crippen LogP) is 4.87. The summed E-state index contributed by atoms with van der Waals surface area (Å²) in [6.45, 7) is 8.27. The molecule has 3 heteroatoms. The Balaban J connectivity index is 1.91. The molecule has 21 heavy (non-hydrogen) atoms. The Hall–Kier alpha value is -1.32. The summed E-state index contributed by atoms with van der Waals surface area (Å²) >= 11 is 1.82. The van der Waals surface area contributed by atoms with E-state index in [4.69, 9.17) is 4.74 Å². The van der Waals surface area contributed by atoms with Crippen LogP contribution in [0.5, 0.6) is 5.75 Å². The Bertz CT molecular complexity index is 550. The molecule has 2 rings (SSSR count). The molecule has 0 saturated carbocycles. The summed E-state index contributed by atoms with van der Waals surface area (Å²) in [5.41, 5.74) is 2.66. The van der Waals surface area contributed by atoms with Crippen molar-refractivity contribution in [2.45, 2.75) is 39.7 Å². The number of hydrogen-bond donors (Lipinski definition) is 1. The van der Waals surface area contributed by atoms with Crippen molar-refractivity contribution < 1.29 is 4.74 Å². The van der Waals surface area contributed by atoms with E-state index < -0.39 is 0 Å². The van der Waals surface area contributed by atoms with Gasteiger partial charge in [0.2, 0.25) is 0 Å². The minimum absolute atomic E-state index is 0.390. The van der Waals surface area contributed by atoms with Gasteiger partial charge in [-0.1, -0.05) is 19.1 Å². The normalized spacial score (nSPS) is 12.3. The number of nitrogens with one attached hydrogen (secondary N) is 1. The van der Waals surface area contributed by atoms with Crippen LogP contribution in [0.2, 0.25) is 0 Å². The Morgan fingerprint density at radius 3 is 2.76 bits per heavy atom. The highest BCUT2D eigenvalue weighted by Gasteiger charge is 2.14. The van der Waals surface area contributed by atoms with Gasteiger partial charge in [0.05, 0.1) is 6.61 Å². The summed E-state index contributed by atoms with van der Waals surface area (Å²) in [7, 11) is 0. The van der Waals surface area contributed by atoms with E-state index >= 15 is 0 Å². The van der Waals surface area contributed by atoms with E-state index in [9.17, 15) is 0 Å². The average molecular weight is 303 g/mol. The van der Waals surface area contributed by atoms with E-state index in [1.807, 2.05) is 23.5 Å². The van der Waals surface area contributed by atoms with E-state index in [1.54, 1.807) is 0 Å². The van der Waals surface area contributed by atoms with Gasteiger partial charge in [-0.05, 0) is 61.5 Å². The maximum Gasteiger partial charge on any atom is 0.119 e. The Morgan fingerprint density at radius 2 is 2.10 bits per heavy atom. The third-order valence-electron chi connectivity index (χ3n) is 3.58. The fraction of sp³-hybridized carbons (Fsp3) is 0.444. The van der Waals surface area contributed by atoms with Crippen molar-refractivity contribution in [2.24, 2.45) is 0 Å². The summed E-state index contributed by atoms with van der Waals surface area (Å²) < 4.78 is 5.90. The molecule has 0 radical (unpaired) electrons. The molecule has 1 unspecified atom stereocenters. The van der Waals surface area contributed by atoms with Crippen molar-refractivity contribution in [1.29, 1.82) is 0 Å². The topological polar surface area (TPSA) is 21.3 Å². The molecule has 0 aliphatic carbocycles. The highest BCUT2D eigenvalue weighted by atomic mass is 32.1. The minimum Gasteiger partial charge on any atom is -0.494 e. The van der Waals surface area contributed by atoms with Crippen LogP contribution in [0.3, 0.4) is 0 Å². The zero-order valence-corrected chi connectivity index (χ0v) is 14.0. The molecule has 1 aromatic carbocycles. The minimum atomic E-state index is 0.390. The number of rotatable bonds is 8. The van der Waals surface area contributed by atoms with E-state index in [0.717, 1.165) is 31.7 Å². The molecular formula is C18H25NOS. The van der Waals surface area contributed by atoms with Crippen LogP contribution in [-0.2, 0) is 0 Å². The van der Waals surface area contributed by atoms with Crippen LogP contribution >= 0.6 is 11.3 Å². The summed E-state index contributed by atoms with van der Waals surface area (Å²) in [6.07, 6.45) is 2.14. The van der Waals surface area contributed by atoms with Crippen LogP contribution in [0.1, 0.15) is 41.8 Å². The van der Waals surface area contributed by atoms with Gasteiger partial charge in [-0.25, -0.2) is 0 Å². The SMILES string of the molecule is CCCNC(CCOc1cccc(C)c1)c1ccsc1C. The van der Waals surface area contributed by atoms with E-state index in [2.05, 4.69) is 49.7 Å². The van der Waals surface area contributed by atoms with Crippen molar-refractivity contribution in [2.75, 3.05) is 13.2 Å². The second-order valence-corrected chi connectivity index (χ2v) is 6.51. The van der Waals surface area contributed by atoms with Crippen molar-refractivity contribution >= 4 is 11.3 Å². The zero-order valence-electron chi connectivity index (χ0n) is 13.2. The molecule has 1 aromatic heterocycles. The molecule has 0 amide bonds. The Kier molecular flexibility index (Phi) is 6.27. The van der Waals surface area contributed by atoms with Crippen molar-refractivity contribution in [1.82, 2.24) is 5.32 Å². The second-order valence-electron chi connectivity index (χ2n) is 5.39. The van der Waals surface area contributed by atoms with Gasteiger partial charge in [-0.3, -0.25) is 0 Å². The summed E-state index contributed by atoms with van der Waals surface area (Å²) in [4.78, 5) is 1.40. The molecule has 2 aromatic rings. The number of hydrogen-bond acceptors (Lipinski definition) is 3. The smallest absolute Gasteiger partial charge is 0.119 e. The van der Waals surface area contributed by atoms with E-state index in [1.165, 1.54) is 16.0 Å². The summed E-state index contributed by atoms with van der Waals surface area (Å²) in [5, 5.41) is 5.81. The molecule has 0 aliphatic heterocycles. The third kappa shape index (κ3) is 4.87. The van der Waals surface area contributed by atoms with Gasteiger partial charge < -0.3 is 10.1 Å². The maximum atomic E-state index is 5.90. The first-order valence-corrected chi connectivity index (χ1v) is 8.55. The monoisotopic (exact) mass is 303 g/mol. The maximum absolute atomic E-state index is 5.90. The summed E-state index contributed by atoms with van der Waals surface area (Å²) in [6, 6.07) is 10.9. The number of thiophene rings is 1. The highest BCUT2D eigenvalue weighted by Crippen LogP contribution is 2.25. The number of ether oxygens (including phenoxy) is 1. The van der Waals surface area contributed by atoms with Crippen molar-refractivity contribution in [3.05, 3.63) is 51.7 Å². The lowest BCUT2D eigenvalue weighted by Crippen LogP contribution is -2.24. The second kappa shape index (κ2) is 8.20. The Morgan fingerprint density at radius 1 is 1.24 bits per heavy atom. The first kappa shape index (κ1) is 16.1. The van der Waals surface area contributed by atoms with Crippen LogP contribution in [0.4, 0.5) is 0 Å². The molecular weight excluding hydrogens is 278 g/mol. The van der Waals surface area contributed by atoms with Crippen LogP contribution in [-0.4, -0.2) is 13.2 Å². The van der Waals surface area contributed by atoms with Crippen molar-refractivity contribution in [3.8, 4) is 5.75 Å².